The van der Waals surface area contributed by atoms with Crippen LogP contribution in [-0.2, 0) is 6.61 Å². The molecule has 5 heteroatoms. The highest BCUT2D eigenvalue weighted by Crippen LogP contribution is 2.26. The Kier molecular flexibility index (Phi) is 3.98. The van der Waals surface area contributed by atoms with E-state index in [2.05, 4.69) is 0 Å². The molecule has 0 saturated carbocycles. The van der Waals surface area contributed by atoms with Crippen molar-refractivity contribution in [1.82, 2.24) is 0 Å². The Balaban J connectivity index is 2.13. The molecule has 2 rings (SSSR count). The molecule has 0 spiro atoms. The summed E-state index contributed by atoms with van der Waals surface area (Å²) in [5.74, 6) is -0.980. The predicted molar refractivity (Wildman–Crippen MR) is 66.9 cm³/mol. The third-order valence-electron chi connectivity index (χ3n) is 2.46. The first-order valence-corrected chi connectivity index (χ1v) is 5.74. The van der Waals surface area contributed by atoms with Gasteiger partial charge in [0.25, 0.3) is 0 Å². The Morgan fingerprint density at radius 3 is 2.58 bits per heavy atom. The molecule has 2 nitrogen and oxygen atoms in total. The average molecular weight is 280 g/mol. The fourth-order valence-electron chi connectivity index (χ4n) is 1.48. The molecular formula is C14H8ClF2NO. The summed E-state index contributed by atoms with van der Waals surface area (Å²) in [6, 6.07) is 9.73. The zero-order chi connectivity index (χ0) is 13.8. The van der Waals surface area contributed by atoms with Crippen LogP contribution in [0.1, 0.15) is 11.1 Å². The van der Waals surface area contributed by atoms with E-state index in [1.807, 2.05) is 6.07 Å². The summed E-state index contributed by atoms with van der Waals surface area (Å²) in [6.45, 7) is -0.0717. The lowest BCUT2D eigenvalue weighted by Crippen LogP contribution is -1.99. The van der Waals surface area contributed by atoms with E-state index in [1.54, 1.807) is 6.07 Å². The normalized spacial score (nSPS) is 10.0. The van der Waals surface area contributed by atoms with Crippen LogP contribution in [0.25, 0.3) is 0 Å². The minimum atomic E-state index is -0.676. The smallest absolute Gasteiger partial charge is 0.138 e. The Bertz CT molecular complexity index is 652. The summed E-state index contributed by atoms with van der Waals surface area (Å²) in [4.78, 5) is 0. The second kappa shape index (κ2) is 5.68. The molecule has 0 aliphatic rings. The van der Waals surface area contributed by atoms with Gasteiger partial charge in [-0.25, -0.2) is 8.78 Å². The first-order valence-electron chi connectivity index (χ1n) is 5.36. The van der Waals surface area contributed by atoms with Gasteiger partial charge in [0.1, 0.15) is 24.0 Å². The van der Waals surface area contributed by atoms with Crippen LogP contribution in [0.5, 0.6) is 5.75 Å². The maximum absolute atomic E-state index is 13.4. The van der Waals surface area contributed by atoms with Crippen LogP contribution in [0.15, 0.2) is 36.4 Å². The minimum absolute atomic E-state index is 0.0717. The lowest BCUT2D eigenvalue weighted by Gasteiger charge is -2.09. The van der Waals surface area contributed by atoms with Crippen molar-refractivity contribution in [2.24, 2.45) is 0 Å². The summed E-state index contributed by atoms with van der Waals surface area (Å²) >= 11 is 5.91. The van der Waals surface area contributed by atoms with Crippen LogP contribution in [0.2, 0.25) is 5.02 Å². The van der Waals surface area contributed by atoms with Gasteiger partial charge in [-0.3, -0.25) is 0 Å². The molecule has 0 aromatic heterocycles. The first-order chi connectivity index (χ1) is 9.10. The molecular weight excluding hydrogens is 272 g/mol. The molecule has 0 N–H and O–H groups in total. The fourth-order valence-corrected chi connectivity index (χ4v) is 1.72. The molecule has 0 amide bonds. The van der Waals surface area contributed by atoms with Crippen LogP contribution >= 0.6 is 11.6 Å². The van der Waals surface area contributed by atoms with Crippen LogP contribution in [-0.4, -0.2) is 0 Å². The first kappa shape index (κ1) is 13.3. The molecule has 0 unspecified atom stereocenters. The van der Waals surface area contributed by atoms with E-state index >= 15 is 0 Å². The number of rotatable bonds is 3. The molecule has 0 aliphatic carbocycles. The predicted octanol–water partition coefficient (Wildman–Crippen LogP) is 4.07. The average Bonchev–Trinajstić information content (AvgIpc) is 2.39. The van der Waals surface area contributed by atoms with Gasteiger partial charge in [-0.2, -0.15) is 5.26 Å². The summed E-state index contributed by atoms with van der Waals surface area (Å²) in [7, 11) is 0. The number of nitriles is 1. The van der Waals surface area contributed by atoms with Crippen molar-refractivity contribution >= 4 is 11.6 Å². The van der Waals surface area contributed by atoms with Gasteiger partial charge in [0.15, 0.2) is 0 Å². The summed E-state index contributed by atoms with van der Waals surface area (Å²) in [5, 5.41) is 8.95. The maximum atomic E-state index is 13.4. The second-order valence-electron chi connectivity index (χ2n) is 3.78. The number of benzene rings is 2. The molecule has 0 heterocycles. The van der Waals surface area contributed by atoms with Crippen molar-refractivity contribution in [2.75, 3.05) is 0 Å². The molecule has 0 radical (unpaired) electrons. The Hall–Kier alpha value is -2.12. The molecule has 0 atom stereocenters. The van der Waals surface area contributed by atoms with Gasteiger partial charge < -0.3 is 4.74 Å². The maximum Gasteiger partial charge on any atom is 0.138 e. The molecule has 0 saturated heterocycles. The second-order valence-corrected chi connectivity index (χ2v) is 4.19. The van der Waals surface area contributed by atoms with Crippen LogP contribution in [0.3, 0.4) is 0 Å². The SMILES string of the molecule is N#Cc1ccc(OCc2ccc(F)cc2F)c(Cl)c1. The molecule has 2 aromatic carbocycles. The Morgan fingerprint density at radius 1 is 1.16 bits per heavy atom. The number of hydrogen-bond donors (Lipinski definition) is 0. The zero-order valence-electron chi connectivity index (χ0n) is 9.66. The van der Waals surface area contributed by atoms with E-state index in [9.17, 15) is 8.78 Å². The molecule has 19 heavy (non-hydrogen) atoms. The van der Waals surface area contributed by atoms with Gasteiger partial charge in [0.2, 0.25) is 0 Å². The Morgan fingerprint density at radius 2 is 1.95 bits per heavy atom. The molecule has 0 bridgehead atoms. The van der Waals surface area contributed by atoms with Crippen molar-refractivity contribution in [2.45, 2.75) is 6.61 Å². The van der Waals surface area contributed by atoms with Crippen molar-refractivity contribution in [1.29, 1.82) is 5.26 Å². The largest absolute Gasteiger partial charge is 0.487 e. The highest BCUT2D eigenvalue weighted by atomic mass is 35.5. The molecule has 96 valence electrons. The third-order valence-corrected chi connectivity index (χ3v) is 2.75. The highest BCUT2D eigenvalue weighted by molar-refractivity contribution is 6.32. The van der Waals surface area contributed by atoms with Gasteiger partial charge in [0, 0.05) is 11.6 Å². The zero-order valence-corrected chi connectivity index (χ0v) is 10.4. The topological polar surface area (TPSA) is 33.0 Å². The lowest BCUT2D eigenvalue weighted by molar-refractivity contribution is 0.299. The van der Waals surface area contributed by atoms with E-state index in [-0.39, 0.29) is 17.2 Å². The summed E-state index contributed by atoms with van der Waals surface area (Å²) < 4.78 is 31.4. The van der Waals surface area contributed by atoms with E-state index in [0.717, 1.165) is 12.1 Å². The number of ether oxygens (including phenoxy) is 1. The lowest BCUT2D eigenvalue weighted by atomic mass is 10.2. The number of nitrogens with zero attached hydrogens (tertiary/aromatic N) is 1. The monoisotopic (exact) mass is 279 g/mol. The van der Waals surface area contributed by atoms with Gasteiger partial charge in [-0.05, 0) is 30.3 Å². The van der Waals surface area contributed by atoms with Gasteiger partial charge in [-0.15, -0.1) is 0 Å². The quantitative estimate of drug-likeness (QED) is 0.848. The van der Waals surface area contributed by atoms with E-state index in [1.165, 1.54) is 18.2 Å². The van der Waals surface area contributed by atoms with E-state index in [4.69, 9.17) is 21.6 Å². The summed E-state index contributed by atoms with van der Waals surface area (Å²) in [6.07, 6.45) is 0. The number of halogens is 3. The van der Waals surface area contributed by atoms with Crippen LogP contribution in [0, 0.1) is 23.0 Å². The van der Waals surface area contributed by atoms with Gasteiger partial charge >= 0.3 is 0 Å². The number of hydrogen-bond acceptors (Lipinski definition) is 2. The summed E-state index contributed by atoms with van der Waals surface area (Å²) in [5.41, 5.74) is 0.632. The minimum Gasteiger partial charge on any atom is -0.487 e. The highest BCUT2D eigenvalue weighted by Gasteiger charge is 2.07. The fraction of sp³-hybridized carbons (Fsp3) is 0.0714. The van der Waals surface area contributed by atoms with Crippen molar-refractivity contribution in [3.8, 4) is 11.8 Å². The van der Waals surface area contributed by atoms with Crippen molar-refractivity contribution < 1.29 is 13.5 Å². The van der Waals surface area contributed by atoms with E-state index < -0.39 is 11.6 Å². The standard InChI is InChI=1S/C14H8ClF2NO/c15-12-5-9(7-18)1-4-14(12)19-8-10-2-3-11(16)6-13(10)17/h1-6H,8H2. The van der Waals surface area contributed by atoms with Crippen LogP contribution < -0.4 is 4.74 Å². The van der Waals surface area contributed by atoms with E-state index in [0.29, 0.717) is 11.3 Å². The van der Waals surface area contributed by atoms with Gasteiger partial charge in [0.05, 0.1) is 16.7 Å². The molecule has 0 fully saturated rings. The van der Waals surface area contributed by atoms with Crippen molar-refractivity contribution in [3.63, 3.8) is 0 Å². The van der Waals surface area contributed by atoms with Crippen LogP contribution in [0.4, 0.5) is 8.78 Å². The van der Waals surface area contributed by atoms with Crippen molar-refractivity contribution in [3.05, 3.63) is 64.2 Å². The molecule has 2 aromatic rings. The molecule has 0 aliphatic heterocycles. The Labute approximate surface area is 113 Å². The third kappa shape index (κ3) is 3.21. The van der Waals surface area contributed by atoms with Gasteiger partial charge in [-0.1, -0.05) is 11.6 Å².